The summed E-state index contributed by atoms with van der Waals surface area (Å²) < 4.78 is 5.71. The summed E-state index contributed by atoms with van der Waals surface area (Å²) in [6, 6.07) is 7.73. The van der Waals surface area contributed by atoms with Crippen LogP contribution in [0.4, 0.5) is 0 Å². The molecule has 0 radical (unpaired) electrons. The first-order chi connectivity index (χ1) is 9.24. The second-order valence-electron chi connectivity index (χ2n) is 5.22. The van der Waals surface area contributed by atoms with Gasteiger partial charge in [-0.3, -0.25) is 0 Å². The van der Waals surface area contributed by atoms with Crippen LogP contribution in [0.3, 0.4) is 0 Å². The lowest BCUT2D eigenvalue weighted by molar-refractivity contribution is 0.198. The van der Waals surface area contributed by atoms with Crippen LogP contribution in [0.15, 0.2) is 24.3 Å². The monoisotopic (exact) mass is 264 g/mol. The van der Waals surface area contributed by atoms with Gasteiger partial charge in [0.1, 0.15) is 5.75 Å². The summed E-state index contributed by atoms with van der Waals surface area (Å²) in [5, 5.41) is 9.50. The summed E-state index contributed by atoms with van der Waals surface area (Å²) in [6.07, 6.45) is 8.65. The van der Waals surface area contributed by atoms with Crippen molar-refractivity contribution in [2.75, 3.05) is 6.61 Å². The molecule has 0 heterocycles. The maximum absolute atomic E-state index is 9.50. The highest BCUT2D eigenvalue weighted by molar-refractivity contribution is 5.29. The molecule has 0 aliphatic rings. The minimum absolute atomic E-state index is 0.429. The third-order valence-corrected chi connectivity index (χ3v) is 3.36. The van der Waals surface area contributed by atoms with Crippen LogP contribution in [0.25, 0.3) is 0 Å². The van der Waals surface area contributed by atoms with Crippen LogP contribution in [-0.2, 0) is 0 Å². The molecule has 0 fully saturated rings. The molecule has 0 saturated heterocycles. The first-order valence-electron chi connectivity index (χ1n) is 7.65. The van der Waals surface area contributed by atoms with Gasteiger partial charge in [0.05, 0.1) is 12.7 Å². The molecule has 0 unspecified atom stereocenters. The van der Waals surface area contributed by atoms with Crippen LogP contribution in [0.5, 0.6) is 5.75 Å². The molecule has 0 amide bonds. The van der Waals surface area contributed by atoms with Crippen molar-refractivity contribution >= 4 is 0 Å². The van der Waals surface area contributed by atoms with Gasteiger partial charge in [-0.2, -0.15) is 0 Å². The van der Waals surface area contributed by atoms with E-state index in [0.717, 1.165) is 24.3 Å². The minimum atomic E-state index is -0.429. The van der Waals surface area contributed by atoms with E-state index in [1.165, 1.54) is 38.5 Å². The predicted octanol–water partition coefficient (Wildman–Crippen LogP) is 4.87. The summed E-state index contributed by atoms with van der Waals surface area (Å²) in [5.41, 5.74) is 0.914. The van der Waals surface area contributed by atoms with Gasteiger partial charge in [-0.1, -0.05) is 57.6 Å². The zero-order chi connectivity index (χ0) is 13.9. The van der Waals surface area contributed by atoms with Crippen molar-refractivity contribution in [2.45, 2.75) is 64.9 Å². The van der Waals surface area contributed by atoms with Crippen molar-refractivity contribution in [3.63, 3.8) is 0 Å². The molecule has 1 aromatic carbocycles. The van der Waals surface area contributed by atoms with Gasteiger partial charge in [-0.15, -0.1) is 0 Å². The molecule has 2 nitrogen and oxygen atoms in total. The fourth-order valence-electron chi connectivity index (χ4n) is 2.11. The Morgan fingerprint density at radius 2 is 1.74 bits per heavy atom. The quantitative estimate of drug-likeness (QED) is 0.611. The van der Waals surface area contributed by atoms with E-state index in [0.29, 0.717) is 0 Å². The lowest BCUT2D eigenvalue weighted by Gasteiger charge is -2.09. The summed E-state index contributed by atoms with van der Waals surface area (Å²) in [5.74, 6) is 0.865. The largest absolute Gasteiger partial charge is 0.494 e. The molecule has 0 aliphatic heterocycles. The second kappa shape index (κ2) is 9.85. The minimum Gasteiger partial charge on any atom is -0.494 e. The van der Waals surface area contributed by atoms with Gasteiger partial charge in [-0.25, -0.2) is 0 Å². The summed E-state index contributed by atoms with van der Waals surface area (Å²) in [7, 11) is 0. The summed E-state index contributed by atoms with van der Waals surface area (Å²) in [4.78, 5) is 0. The van der Waals surface area contributed by atoms with Crippen molar-refractivity contribution < 1.29 is 9.84 Å². The third kappa shape index (κ3) is 7.22. The van der Waals surface area contributed by atoms with Gasteiger partial charge in [0.25, 0.3) is 0 Å². The molecule has 0 aliphatic carbocycles. The smallest absolute Gasteiger partial charge is 0.119 e. The number of hydrogen-bond donors (Lipinski definition) is 1. The second-order valence-corrected chi connectivity index (χ2v) is 5.22. The highest BCUT2D eigenvalue weighted by Crippen LogP contribution is 2.19. The van der Waals surface area contributed by atoms with Crippen LogP contribution in [0.2, 0.25) is 0 Å². The van der Waals surface area contributed by atoms with E-state index in [9.17, 15) is 5.11 Å². The molecule has 1 rings (SSSR count). The van der Waals surface area contributed by atoms with Gasteiger partial charge in [0.2, 0.25) is 0 Å². The Bertz CT molecular complexity index is 334. The number of unbranched alkanes of at least 4 members (excludes halogenated alkanes) is 6. The van der Waals surface area contributed by atoms with Crippen molar-refractivity contribution in [3.8, 4) is 5.75 Å². The van der Waals surface area contributed by atoms with E-state index in [4.69, 9.17) is 4.74 Å². The molecular formula is C17H28O2. The maximum Gasteiger partial charge on any atom is 0.119 e. The normalized spacial score (nSPS) is 12.4. The zero-order valence-electron chi connectivity index (χ0n) is 12.4. The average Bonchev–Trinajstić information content (AvgIpc) is 2.42. The molecule has 0 bridgehead atoms. The van der Waals surface area contributed by atoms with E-state index < -0.39 is 6.10 Å². The molecule has 1 N–H and O–H groups in total. The van der Waals surface area contributed by atoms with E-state index >= 15 is 0 Å². The number of hydrogen-bond acceptors (Lipinski definition) is 2. The molecular weight excluding hydrogens is 236 g/mol. The van der Waals surface area contributed by atoms with Gasteiger partial charge in [-0.05, 0) is 31.0 Å². The summed E-state index contributed by atoms with van der Waals surface area (Å²) in [6.45, 7) is 4.79. The molecule has 19 heavy (non-hydrogen) atoms. The van der Waals surface area contributed by atoms with Gasteiger partial charge < -0.3 is 9.84 Å². The third-order valence-electron chi connectivity index (χ3n) is 3.36. The Kier molecular flexibility index (Phi) is 8.31. The Balaban J connectivity index is 2.10. The standard InChI is InChI=1S/C17H28O2/c1-3-4-5-6-7-8-9-13-19-17-12-10-11-16(14-17)15(2)18/h10-12,14-15,18H,3-9,13H2,1-2H3/t15-/m1/s1. The lowest BCUT2D eigenvalue weighted by Crippen LogP contribution is -1.98. The van der Waals surface area contributed by atoms with Crippen molar-refractivity contribution in [1.82, 2.24) is 0 Å². The van der Waals surface area contributed by atoms with Crippen molar-refractivity contribution in [3.05, 3.63) is 29.8 Å². The van der Waals surface area contributed by atoms with E-state index in [1.54, 1.807) is 6.92 Å². The highest BCUT2D eigenvalue weighted by Gasteiger charge is 2.02. The van der Waals surface area contributed by atoms with Crippen LogP contribution in [0, 0.1) is 0 Å². The molecule has 108 valence electrons. The number of aliphatic hydroxyl groups is 1. The Labute approximate surface area is 117 Å². The van der Waals surface area contributed by atoms with Gasteiger partial charge in [0, 0.05) is 0 Å². The Hall–Kier alpha value is -1.02. The molecule has 1 aromatic rings. The molecule has 0 spiro atoms. The molecule has 0 saturated carbocycles. The fourth-order valence-corrected chi connectivity index (χ4v) is 2.11. The van der Waals surface area contributed by atoms with Crippen molar-refractivity contribution in [1.29, 1.82) is 0 Å². The predicted molar refractivity (Wildman–Crippen MR) is 80.6 cm³/mol. The number of benzene rings is 1. The first kappa shape index (κ1) is 16.0. The number of ether oxygens (including phenoxy) is 1. The fraction of sp³-hybridized carbons (Fsp3) is 0.647. The topological polar surface area (TPSA) is 29.5 Å². The van der Waals surface area contributed by atoms with E-state index in [2.05, 4.69) is 6.92 Å². The Morgan fingerprint density at radius 3 is 2.42 bits per heavy atom. The highest BCUT2D eigenvalue weighted by atomic mass is 16.5. The first-order valence-corrected chi connectivity index (χ1v) is 7.65. The van der Waals surface area contributed by atoms with E-state index in [-0.39, 0.29) is 0 Å². The lowest BCUT2D eigenvalue weighted by atomic mass is 10.1. The number of aliphatic hydroxyl groups excluding tert-OH is 1. The van der Waals surface area contributed by atoms with Crippen LogP contribution in [0.1, 0.15) is 70.5 Å². The SMILES string of the molecule is CCCCCCCCCOc1cccc([C@@H](C)O)c1. The zero-order valence-corrected chi connectivity index (χ0v) is 12.4. The summed E-state index contributed by atoms with van der Waals surface area (Å²) >= 11 is 0. The Morgan fingerprint density at radius 1 is 1.05 bits per heavy atom. The van der Waals surface area contributed by atoms with Crippen LogP contribution < -0.4 is 4.74 Å². The maximum atomic E-state index is 9.50. The van der Waals surface area contributed by atoms with Crippen LogP contribution >= 0.6 is 0 Å². The number of rotatable bonds is 10. The van der Waals surface area contributed by atoms with E-state index in [1.807, 2.05) is 24.3 Å². The molecule has 1 atom stereocenters. The molecule has 0 aromatic heterocycles. The molecule has 2 heteroatoms. The van der Waals surface area contributed by atoms with Gasteiger partial charge >= 0.3 is 0 Å². The van der Waals surface area contributed by atoms with Crippen LogP contribution in [-0.4, -0.2) is 11.7 Å². The van der Waals surface area contributed by atoms with Crippen molar-refractivity contribution in [2.24, 2.45) is 0 Å². The van der Waals surface area contributed by atoms with Gasteiger partial charge in [0.15, 0.2) is 0 Å². The average molecular weight is 264 g/mol.